The molecule has 3 rings (SSSR count). The van der Waals surface area contributed by atoms with Crippen LogP contribution in [0, 0.1) is 0 Å². The molecule has 1 aromatic carbocycles. The van der Waals surface area contributed by atoms with Crippen LogP contribution in [0.4, 0.5) is 5.69 Å². The molecule has 3 aromatic rings. The molecule has 0 saturated heterocycles. The van der Waals surface area contributed by atoms with Gasteiger partial charge in [0, 0.05) is 6.20 Å². The van der Waals surface area contributed by atoms with Gasteiger partial charge < -0.3 is 10.2 Å². The number of nitrogens with zero attached hydrogens (tertiary/aromatic N) is 3. The van der Waals surface area contributed by atoms with E-state index in [1.807, 2.05) is 30.3 Å². The highest BCUT2D eigenvalue weighted by Crippen LogP contribution is 2.17. The topological polar surface area (TPSA) is 68.8 Å². The molecule has 5 nitrogen and oxygen atoms in total. The number of para-hydroxylation sites is 1. The monoisotopic (exact) mass is 288 g/mol. The Labute approximate surface area is 120 Å². The number of aromatic nitrogens is 2. The number of benzene rings is 1. The molecule has 0 bridgehead atoms. The number of fused-ring (bicyclic) bond motifs is 1. The van der Waals surface area contributed by atoms with Gasteiger partial charge in [-0.2, -0.15) is 0 Å². The highest BCUT2D eigenvalue weighted by atomic mass is 35.5. The molecule has 0 aliphatic rings. The van der Waals surface area contributed by atoms with Gasteiger partial charge in [0.15, 0.2) is 0 Å². The largest absolute Gasteiger partial charge is 0.419 e. The van der Waals surface area contributed by atoms with Gasteiger partial charge in [-0.05, 0) is 25.1 Å². The molecule has 2 aromatic heterocycles. The van der Waals surface area contributed by atoms with Crippen molar-refractivity contribution < 1.29 is 4.42 Å². The van der Waals surface area contributed by atoms with Gasteiger partial charge in [0.1, 0.15) is 5.52 Å². The first-order valence-corrected chi connectivity index (χ1v) is 6.56. The average Bonchev–Trinajstić information content (AvgIpc) is 2.82. The van der Waals surface area contributed by atoms with E-state index in [4.69, 9.17) is 21.8 Å². The molecule has 0 spiro atoms. The fraction of sp³-hybridized carbons (Fsp3) is 0.143. The second-order valence-electron chi connectivity index (χ2n) is 4.44. The maximum atomic E-state index is 6.16. The van der Waals surface area contributed by atoms with E-state index in [-0.39, 0.29) is 6.04 Å². The summed E-state index contributed by atoms with van der Waals surface area (Å²) in [5.74, 6) is 0.402. The van der Waals surface area contributed by atoms with Crippen LogP contribution in [0.5, 0.6) is 0 Å². The summed E-state index contributed by atoms with van der Waals surface area (Å²) in [4.78, 5) is 4.48. The first-order chi connectivity index (χ1) is 9.65. The van der Waals surface area contributed by atoms with Crippen LogP contribution in [0.2, 0.25) is 5.02 Å². The van der Waals surface area contributed by atoms with Gasteiger partial charge in [0.2, 0.25) is 11.4 Å². The zero-order chi connectivity index (χ0) is 14.1. The number of nitrogens with two attached hydrogens (primary N) is 1. The van der Waals surface area contributed by atoms with Crippen LogP contribution in [-0.4, -0.2) is 9.61 Å². The zero-order valence-electron chi connectivity index (χ0n) is 10.8. The standard InChI is InChI=1S/C14H13ClN4O/c1-9(16)13-18-19-8-7-11(15)12(19)14(20-13)17-10-5-3-2-4-6-10/h2-9H,16H2,1H3/t9-/m0/s1. The molecule has 0 fully saturated rings. The Kier molecular flexibility index (Phi) is 3.30. The maximum Gasteiger partial charge on any atom is 0.249 e. The van der Waals surface area contributed by atoms with Crippen molar-refractivity contribution in [3.63, 3.8) is 0 Å². The first-order valence-electron chi connectivity index (χ1n) is 6.18. The summed E-state index contributed by atoms with van der Waals surface area (Å²) >= 11 is 6.16. The molecule has 2 N–H and O–H groups in total. The molecule has 102 valence electrons. The van der Waals surface area contributed by atoms with Gasteiger partial charge >= 0.3 is 0 Å². The molecule has 0 amide bonds. The first kappa shape index (κ1) is 12.9. The molecule has 0 radical (unpaired) electrons. The molecular formula is C14H13ClN4O. The van der Waals surface area contributed by atoms with Crippen molar-refractivity contribution in [1.29, 1.82) is 0 Å². The minimum atomic E-state index is -0.328. The molecule has 2 heterocycles. The van der Waals surface area contributed by atoms with Crippen LogP contribution in [0.15, 0.2) is 52.0 Å². The number of hydrogen-bond donors (Lipinski definition) is 1. The van der Waals surface area contributed by atoms with Crippen LogP contribution in [0.25, 0.3) is 5.52 Å². The van der Waals surface area contributed by atoms with Gasteiger partial charge in [0.05, 0.1) is 16.8 Å². The summed E-state index contributed by atoms with van der Waals surface area (Å²) in [6.45, 7) is 1.80. The average molecular weight is 289 g/mol. The van der Waals surface area contributed by atoms with Crippen molar-refractivity contribution in [3.8, 4) is 0 Å². The third kappa shape index (κ3) is 2.33. The molecule has 0 unspecified atom stereocenters. The van der Waals surface area contributed by atoms with Gasteiger partial charge in [-0.3, -0.25) is 0 Å². The Morgan fingerprint density at radius 1 is 1.30 bits per heavy atom. The Bertz CT molecular complexity index is 805. The quantitative estimate of drug-likeness (QED) is 0.788. The third-order valence-corrected chi connectivity index (χ3v) is 3.11. The summed E-state index contributed by atoms with van der Waals surface area (Å²) < 4.78 is 7.32. The summed E-state index contributed by atoms with van der Waals surface area (Å²) in [5.41, 5.74) is 7.63. The number of halogens is 1. The number of rotatable bonds is 2. The Balaban J connectivity index is 2.32. The smallest absolute Gasteiger partial charge is 0.249 e. The van der Waals surface area contributed by atoms with Crippen molar-refractivity contribution in [2.45, 2.75) is 13.0 Å². The predicted octanol–water partition coefficient (Wildman–Crippen LogP) is 2.83. The van der Waals surface area contributed by atoms with Crippen LogP contribution in [0.3, 0.4) is 0 Å². The minimum absolute atomic E-state index is 0.328. The minimum Gasteiger partial charge on any atom is -0.419 e. The van der Waals surface area contributed by atoms with E-state index in [9.17, 15) is 0 Å². The fourth-order valence-corrected chi connectivity index (χ4v) is 2.06. The lowest BCUT2D eigenvalue weighted by Gasteiger charge is -2.04. The Morgan fingerprint density at radius 3 is 2.75 bits per heavy atom. The van der Waals surface area contributed by atoms with Crippen molar-refractivity contribution in [2.24, 2.45) is 10.7 Å². The Morgan fingerprint density at radius 2 is 2.05 bits per heavy atom. The van der Waals surface area contributed by atoms with E-state index in [1.165, 1.54) is 0 Å². The lowest BCUT2D eigenvalue weighted by atomic mass is 10.3. The molecule has 20 heavy (non-hydrogen) atoms. The lowest BCUT2D eigenvalue weighted by molar-refractivity contribution is 0.389. The Hall–Kier alpha value is -2.11. The summed E-state index contributed by atoms with van der Waals surface area (Å²) in [5, 5.41) is 4.81. The predicted molar refractivity (Wildman–Crippen MR) is 76.7 cm³/mol. The van der Waals surface area contributed by atoms with Crippen molar-refractivity contribution >= 4 is 22.8 Å². The molecular weight excluding hydrogens is 276 g/mol. The van der Waals surface area contributed by atoms with Gasteiger partial charge in [-0.25, -0.2) is 9.51 Å². The zero-order valence-corrected chi connectivity index (χ0v) is 11.6. The van der Waals surface area contributed by atoms with E-state index >= 15 is 0 Å². The molecule has 0 aliphatic heterocycles. The summed E-state index contributed by atoms with van der Waals surface area (Å²) in [6.07, 6.45) is 1.75. The second kappa shape index (κ2) is 5.11. The van der Waals surface area contributed by atoms with Crippen LogP contribution < -0.4 is 11.3 Å². The summed E-state index contributed by atoms with van der Waals surface area (Å²) in [6, 6.07) is 10.9. The van der Waals surface area contributed by atoms with Crippen LogP contribution >= 0.6 is 11.6 Å². The van der Waals surface area contributed by atoms with Gasteiger partial charge in [-0.15, -0.1) is 5.10 Å². The van der Waals surface area contributed by atoms with Gasteiger partial charge in [0.25, 0.3) is 0 Å². The molecule has 0 aliphatic carbocycles. The SMILES string of the molecule is C[C@H](N)c1nn2ccc(Cl)c2c(=Nc2ccccc2)o1. The van der Waals surface area contributed by atoms with E-state index in [2.05, 4.69) is 10.1 Å². The van der Waals surface area contributed by atoms with Crippen LogP contribution in [0.1, 0.15) is 18.9 Å². The van der Waals surface area contributed by atoms with E-state index in [1.54, 1.807) is 23.7 Å². The van der Waals surface area contributed by atoms with Crippen molar-refractivity contribution in [2.75, 3.05) is 0 Å². The molecule has 6 heteroatoms. The lowest BCUT2D eigenvalue weighted by Crippen LogP contribution is -2.16. The maximum absolute atomic E-state index is 6.16. The van der Waals surface area contributed by atoms with E-state index in [0.717, 1.165) is 5.69 Å². The summed E-state index contributed by atoms with van der Waals surface area (Å²) in [7, 11) is 0. The molecule has 0 saturated carbocycles. The van der Waals surface area contributed by atoms with Crippen LogP contribution in [-0.2, 0) is 0 Å². The van der Waals surface area contributed by atoms with E-state index in [0.29, 0.717) is 22.0 Å². The normalized spacial score (nSPS) is 13.8. The third-order valence-electron chi connectivity index (χ3n) is 2.80. The highest BCUT2D eigenvalue weighted by molar-refractivity contribution is 6.33. The highest BCUT2D eigenvalue weighted by Gasteiger charge is 2.11. The number of hydrogen-bond acceptors (Lipinski definition) is 4. The van der Waals surface area contributed by atoms with Crippen molar-refractivity contribution in [1.82, 2.24) is 9.61 Å². The van der Waals surface area contributed by atoms with Crippen molar-refractivity contribution in [3.05, 3.63) is 59.1 Å². The van der Waals surface area contributed by atoms with E-state index < -0.39 is 0 Å². The van der Waals surface area contributed by atoms with Gasteiger partial charge in [-0.1, -0.05) is 29.8 Å². The fourth-order valence-electron chi connectivity index (χ4n) is 1.84. The second-order valence-corrected chi connectivity index (χ2v) is 4.85. The molecule has 1 atom stereocenters.